The van der Waals surface area contributed by atoms with Crippen molar-refractivity contribution in [2.24, 2.45) is 0 Å². The summed E-state index contributed by atoms with van der Waals surface area (Å²) in [6.07, 6.45) is 2.51. The maximum atomic E-state index is 5.77. The van der Waals surface area contributed by atoms with Crippen LogP contribution in [0.4, 0.5) is 0 Å². The molecule has 7 heteroatoms. The molecule has 3 aromatic rings. The van der Waals surface area contributed by atoms with E-state index in [1.54, 1.807) is 9.80 Å². The Morgan fingerprint density at radius 2 is 1.61 bits per heavy atom. The van der Waals surface area contributed by atoms with E-state index < -0.39 is 0 Å². The van der Waals surface area contributed by atoms with Crippen molar-refractivity contribution in [3.05, 3.63) is 77.6 Å². The summed E-state index contributed by atoms with van der Waals surface area (Å²) >= 11 is 0. The van der Waals surface area contributed by atoms with Gasteiger partial charge in [0.25, 0.3) is 0 Å². The number of hydrogen-bond acceptors (Lipinski definition) is 4. The molecule has 162 valence electrons. The van der Waals surface area contributed by atoms with Crippen LogP contribution in [0.25, 0.3) is 0 Å². The molecular formula is C24H32N6O+2. The Kier molecular flexibility index (Phi) is 6.34. The zero-order chi connectivity index (χ0) is 20.9. The van der Waals surface area contributed by atoms with Gasteiger partial charge in [-0.15, -0.1) is 5.10 Å². The van der Waals surface area contributed by atoms with E-state index in [4.69, 9.17) is 4.74 Å². The van der Waals surface area contributed by atoms with Crippen molar-refractivity contribution in [2.75, 3.05) is 32.8 Å². The summed E-state index contributed by atoms with van der Waals surface area (Å²) in [5.74, 6) is 0.983. The van der Waals surface area contributed by atoms with E-state index in [9.17, 15) is 0 Å². The summed E-state index contributed by atoms with van der Waals surface area (Å²) in [5, 5.41) is 12.5. The molecule has 2 aromatic carbocycles. The van der Waals surface area contributed by atoms with Crippen LogP contribution in [0.3, 0.4) is 0 Å². The van der Waals surface area contributed by atoms with E-state index in [1.165, 1.54) is 11.1 Å². The highest BCUT2D eigenvalue weighted by Crippen LogP contribution is 2.19. The highest BCUT2D eigenvalue weighted by Gasteiger charge is 2.32. The minimum absolute atomic E-state index is 0.260. The quantitative estimate of drug-likeness (QED) is 0.562. The van der Waals surface area contributed by atoms with Crippen molar-refractivity contribution in [2.45, 2.75) is 38.1 Å². The number of quaternary nitrogens is 2. The fraction of sp³-hybridized carbons (Fsp3) is 0.458. The SMILES string of the molecule is c1ccc(C(c2ccccc2)[NH+]2CC[NH+](Cc3nnnn3C[C@@H]3CCCO3)CC2)cc1. The second-order valence-corrected chi connectivity index (χ2v) is 8.75. The molecule has 5 rings (SSSR count). The number of nitrogens with one attached hydrogen (secondary N) is 2. The van der Waals surface area contributed by atoms with Gasteiger partial charge in [0.2, 0.25) is 5.82 Å². The summed E-state index contributed by atoms with van der Waals surface area (Å²) in [4.78, 5) is 3.20. The molecule has 7 nitrogen and oxygen atoms in total. The second kappa shape index (κ2) is 9.68. The molecule has 1 atom stereocenters. The van der Waals surface area contributed by atoms with Crippen molar-refractivity contribution in [1.29, 1.82) is 0 Å². The number of tetrazole rings is 1. The van der Waals surface area contributed by atoms with Crippen molar-refractivity contribution < 1.29 is 14.5 Å². The van der Waals surface area contributed by atoms with Gasteiger partial charge in [0.05, 0.1) is 12.6 Å². The van der Waals surface area contributed by atoms with Gasteiger partial charge in [0.1, 0.15) is 38.8 Å². The molecule has 2 aliphatic heterocycles. The lowest BCUT2D eigenvalue weighted by Gasteiger charge is -2.35. The van der Waals surface area contributed by atoms with Crippen LogP contribution in [0.15, 0.2) is 60.7 Å². The molecule has 2 fully saturated rings. The first-order valence-electron chi connectivity index (χ1n) is 11.5. The zero-order valence-corrected chi connectivity index (χ0v) is 18.0. The minimum Gasteiger partial charge on any atom is -0.376 e. The predicted octanol–water partition coefficient (Wildman–Crippen LogP) is -0.0749. The summed E-state index contributed by atoms with van der Waals surface area (Å²) in [6, 6.07) is 22.3. The third-order valence-corrected chi connectivity index (χ3v) is 6.69. The second-order valence-electron chi connectivity index (χ2n) is 8.75. The van der Waals surface area contributed by atoms with E-state index in [2.05, 4.69) is 76.2 Å². The van der Waals surface area contributed by atoms with Crippen molar-refractivity contribution in [3.63, 3.8) is 0 Å². The molecule has 0 unspecified atom stereocenters. The Bertz CT molecular complexity index is 893. The monoisotopic (exact) mass is 420 g/mol. The average molecular weight is 421 g/mol. The van der Waals surface area contributed by atoms with Gasteiger partial charge in [0.15, 0.2) is 0 Å². The summed E-state index contributed by atoms with van der Waals surface area (Å²) in [6.45, 7) is 7.04. The van der Waals surface area contributed by atoms with Crippen LogP contribution in [0.2, 0.25) is 0 Å². The maximum absolute atomic E-state index is 5.77. The Morgan fingerprint density at radius 3 is 2.23 bits per heavy atom. The highest BCUT2D eigenvalue weighted by molar-refractivity contribution is 5.29. The van der Waals surface area contributed by atoms with Crippen molar-refractivity contribution in [1.82, 2.24) is 20.2 Å². The van der Waals surface area contributed by atoms with Gasteiger partial charge in [-0.05, 0) is 23.3 Å². The largest absolute Gasteiger partial charge is 0.376 e. The highest BCUT2D eigenvalue weighted by atomic mass is 16.5. The number of ether oxygens (including phenoxy) is 1. The van der Waals surface area contributed by atoms with Gasteiger partial charge >= 0.3 is 0 Å². The van der Waals surface area contributed by atoms with Gasteiger partial charge in [-0.1, -0.05) is 60.7 Å². The van der Waals surface area contributed by atoms with Gasteiger partial charge in [-0.25, -0.2) is 4.68 Å². The Balaban J connectivity index is 1.24. The van der Waals surface area contributed by atoms with Crippen LogP contribution >= 0.6 is 0 Å². The number of aromatic nitrogens is 4. The fourth-order valence-corrected chi connectivity index (χ4v) is 5.04. The van der Waals surface area contributed by atoms with Crippen LogP contribution < -0.4 is 9.80 Å². The predicted molar refractivity (Wildman–Crippen MR) is 117 cm³/mol. The maximum Gasteiger partial charge on any atom is 0.206 e. The number of benzene rings is 2. The van der Waals surface area contributed by atoms with Crippen LogP contribution in [-0.2, 0) is 17.8 Å². The lowest BCUT2D eigenvalue weighted by Crippen LogP contribution is -3.27. The normalized spacial score (nSPS) is 24.0. The molecule has 2 saturated heterocycles. The molecule has 2 aliphatic rings. The lowest BCUT2D eigenvalue weighted by molar-refractivity contribution is -1.03. The van der Waals surface area contributed by atoms with Gasteiger partial charge in [-0.2, -0.15) is 0 Å². The van der Waals surface area contributed by atoms with Crippen molar-refractivity contribution >= 4 is 0 Å². The summed E-state index contributed by atoms with van der Waals surface area (Å²) in [5.41, 5.74) is 2.79. The van der Waals surface area contributed by atoms with E-state index in [-0.39, 0.29) is 6.10 Å². The minimum atomic E-state index is 0.260. The molecule has 0 aliphatic carbocycles. The molecule has 3 heterocycles. The van der Waals surface area contributed by atoms with Crippen LogP contribution in [0.5, 0.6) is 0 Å². The molecule has 0 radical (unpaired) electrons. The van der Waals surface area contributed by atoms with Crippen LogP contribution in [-0.4, -0.2) is 59.1 Å². The van der Waals surface area contributed by atoms with Crippen LogP contribution in [0.1, 0.15) is 35.8 Å². The fourth-order valence-electron chi connectivity index (χ4n) is 5.04. The first-order valence-corrected chi connectivity index (χ1v) is 11.5. The van der Waals surface area contributed by atoms with Crippen LogP contribution in [0, 0.1) is 0 Å². The first kappa shape index (κ1) is 20.3. The first-order chi connectivity index (χ1) is 15.4. The molecule has 0 saturated carbocycles. The van der Waals surface area contributed by atoms with Gasteiger partial charge < -0.3 is 14.5 Å². The van der Waals surface area contributed by atoms with E-state index >= 15 is 0 Å². The molecule has 31 heavy (non-hydrogen) atoms. The third kappa shape index (κ3) is 4.84. The molecule has 0 bridgehead atoms. The zero-order valence-electron chi connectivity index (χ0n) is 18.0. The molecule has 0 spiro atoms. The Hall–Kier alpha value is -2.61. The number of hydrogen-bond donors (Lipinski definition) is 2. The van der Waals surface area contributed by atoms with E-state index in [0.717, 1.165) is 64.5 Å². The topological polar surface area (TPSA) is 61.7 Å². The average Bonchev–Trinajstić information content (AvgIpc) is 3.49. The standard InChI is InChI=1S/C24H30N6O/c1-3-8-20(9-4-1)24(21-10-5-2-6-11-21)29-15-13-28(14-16-29)19-23-25-26-27-30(23)18-22-12-7-17-31-22/h1-6,8-11,22,24H,7,12-19H2/p+2/t22-/m0/s1. The lowest BCUT2D eigenvalue weighted by atomic mass is 9.96. The smallest absolute Gasteiger partial charge is 0.206 e. The molecule has 0 amide bonds. The Labute approximate surface area is 183 Å². The third-order valence-electron chi connectivity index (χ3n) is 6.69. The number of rotatable bonds is 7. The summed E-state index contributed by atoms with van der Waals surface area (Å²) in [7, 11) is 0. The Morgan fingerprint density at radius 1 is 0.935 bits per heavy atom. The number of piperazine rings is 1. The molecular weight excluding hydrogens is 388 g/mol. The summed E-state index contributed by atoms with van der Waals surface area (Å²) < 4.78 is 7.73. The van der Waals surface area contributed by atoms with Gasteiger partial charge in [-0.3, -0.25) is 0 Å². The van der Waals surface area contributed by atoms with E-state index in [1.807, 2.05) is 4.68 Å². The van der Waals surface area contributed by atoms with Gasteiger partial charge in [0, 0.05) is 17.7 Å². The molecule has 2 N–H and O–H groups in total. The number of nitrogens with zero attached hydrogens (tertiary/aromatic N) is 4. The van der Waals surface area contributed by atoms with Crippen molar-refractivity contribution in [3.8, 4) is 0 Å². The molecule has 1 aromatic heterocycles. The van der Waals surface area contributed by atoms with E-state index in [0.29, 0.717) is 6.04 Å².